The van der Waals surface area contributed by atoms with Crippen molar-refractivity contribution in [2.75, 3.05) is 6.61 Å². The summed E-state index contributed by atoms with van der Waals surface area (Å²) in [6.07, 6.45) is 3.49. The molecule has 1 heterocycles. The van der Waals surface area contributed by atoms with E-state index in [9.17, 15) is 4.79 Å². The highest BCUT2D eigenvalue weighted by atomic mass is 16.5. The first-order chi connectivity index (χ1) is 7.24. The van der Waals surface area contributed by atoms with Gasteiger partial charge in [0.2, 0.25) is 0 Å². The predicted octanol–water partition coefficient (Wildman–Crippen LogP) is 1.12. The third-order valence-corrected chi connectivity index (χ3v) is 1.98. The van der Waals surface area contributed by atoms with E-state index in [1.54, 1.807) is 26.2 Å². The molecule has 0 bridgehead atoms. The van der Waals surface area contributed by atoms with Crippen LogP contribution < -0.4 is 5.32 Å². The lowest BCUT2D eigenvalue weighted by atomic mass is 10.2. The van der Waals surface area contributed by atoms with Crippen LogP contribution in [0.25, 0.3) is 0 Å². The average Bonchev–Trinajstić information content (AvgIpc) is 2.27. The van der Waals surface area contributed by atoms with Gasteiger partial charge in [0.15, 0.2) is 0 Å². The Kier molecular flexibility index (Phi) is 4.77. The summed E-state index contributed by atoms with van der Waals surface area (Å²) in [6, 6.07) is 3.54. The molecule has 1 aromatic rings. The fraction of sp³-hybridized carbons (Fsp3) is 0.455. The molecule has 1 aromatic heterocycles. The highest BCUT2D eigenvalue weighted by Gasteiger charge is 2.12. The van der Waals surface area contributed by atoms with Crippen molar-refractivity contribution in [3.05, 3.63) is 30.1 Å². The molecule has 0 aliphatic rings. The van der Waals surface area contributed by atoms with Gasteiger partial charge in [-0.3, -0.25) is 9.78 Å². The summed E-state index contributed by atoms with van der Waals surface area (Å²) in [6.45, 7) is 4.62. The summed E-state index contributed by atoms with van der Waals surface area (Å²) >= 11 is 0. The molecule has 0 saturated carbocycles. The second-order valence-corrected chi connectivity index (χ2v) is 3.22. The number of nitrogens with zero attached hydrogens (tertiary/aromatic N) is 1. The lowest BCUT2D eigenvalue weighted by Gasteiger charge is -2.12. The quantitative estimate of drug-likeness (QED) is 0.737. The van der Waals surface area contributed by atoms with Crippen LogP contribution >= 0.6 is 0 Å². The Hall–Kier alpha value is -1.42. The number of pyridine rings is 1. The van der Waals surface area contributed by atoms with Crippen LogP contribution in [0.15, 0.2) is 24.5 Å². The molecule has 4 heteroatoms. The summed E-state index contributed by atoms with van der Waals surface area (Å²) in [5, 5.41) is 3.07. The van der Waals surface area contributed by atoms with E-state index < -0.39 is 0 Å². The fourth-order valence-corrected chi connectivity index (χ4v) is 1.12. The second kappa shape index (κ2) is 6.14. The van der Waals surface area contributed by atoms with Crippen molar-refractivity contribution in [2.24, 2.45) is 0 Å². The highest BCUT2D eigenvalue weighted by molar-refractivity contribution is 5.75. The maximum atomic E-state index is 11.3. The van der Waals surface area contributed by atoms with E-state index in [1.165, 1.54) is 0 Å². The molecule has 0 aliphatic heterocycles. The topological polar surface area (TPSA) is 51.2 Å². The van der Waals surface area contributed by atoms with Crippen molar-refractivity contribution >= 4 is 5.97 Å². The molecule has 0 fully saturated rings. The minimum Gasteiger partial charge on any atom is -0.465 e. The first-order valence-electron chi connectivity index (χ1n) is 5.03. The molecule has 0 saturated heterocycles. The van der Waals surface area contributed by atoms with E-state index in [0.717, 1.165) is 5.56 Å². The van der Waals surface area contributed by atoms with Crippen LogP contribution in [0.3, 0.4) is 0 Å². The number of carbonyl (C=O) groups excluding carboxylic acids is 1. The molecule has 0 radical (unpaired) electrons. The number of hydrogen-bond acceptors (Lipinski definition) is 4. The number of carbonyl (C=O) groups is 1. The third kappa shape index (κ3) is 4.08. The number of ether oxygens (including phenoxy) is 1. The van der Waals surface area contributed by atoms with Crippen molar-refractivity contribution < 1.29 is 9.53 Å². The van der Waals surface area contributed by atoms with Gasteiger partial charge in [-0.15, -0.1) is 0 Å². The van der Waals surface area contributed by atoms with Crippen LogP contribution in [0.4, 0.5) is 0 Å². The highest BCUT2D eigenvalue weighted by Crippen LogP contribution is 1.96. The minimum absolute atomic E-state index is 0.221. The molecule has 1 atom stereocenters. The summed E-state index contributed by atoms with van der Waals surface area (Å²) < 4.78 is 4.88. The Morgan fingerprint density at radius 3 is 3.07 bits per heavy atom. The molecule has 1 N–H and O–H groups in total. The molecular formula is C11H16N2O2. The Morgan fingerprint density at radius 2 is 2.47 bits per heavy atom. The summed E-state index contributed by atoms with van der Waals surface area (Å²) in [5.41, 5.74) is 1.05. The largest absolute Gasteiger partial charge is 0.465 e. The minimum atomic E-state index is -0.287. The number of rotatable bonds is 5. The maximum Gasteiger partial charge on any atom is 0.322 e. The normalized spacial score (nSPS) is 12.1. The Labute approximate surface area is 89.7 Å². The Bertz CT molecular complexity index is 301. The van der Waals surface area contributed by atoms with Gasteiger partial charge in [-0.25, -0.2) is 0 Å². The van der Waals surface area contributed by atoms with Crippen LogP contribution in [0, 0.1) is 0 Å². The van der Waals surface area contributed by atoms with Gasteiger partial charge in [-0.1, -0.05) is 6.07 Å². The molecule has 82 valence electrons. The van der Waals surface area contributed by atoms with Gasteiger partial charge >= 0.3 is 5.97 Å². The third-order valence-electron chi connectivity index (χ3n) is 1.98. The van der Waals surface area contributed by atoms with E-state index in [1.807, 2.05) is 12.1 Å². The number of aromatic nitrogens is 1. The van der Waals surface area contributed by atoms with Gasteiger partial charge in [-0.05, 0) is 25.5 Å². The van der Waals surface area contributed by atoms with E-state index in [4.69, 9.17) is 4.74 Å². The van der Waals surface area contributed by atoms with Crippen LogP contribution in [0.5, 0.6) is 0 Å². The van der Waals surface area contributed by atoms with Gasteiger partial charge in [0.25, 0.3) is 0 Å². The molecule has 4 nitrogen and oxygen atoms in total. The van der Waals surface area contributed by atoms with Crippen LogP contribution in [-0.4, -0.2) is 23.6 Å². The zero-order valence-electron chi connectivity index (χ0n) is 9.06. The molecule has 1 rings (SSSR count). The number of hydrogen-bond donors (Lipinski definition) is 1. The lowest BCUT2D eigenvalue weighted by molar-refractivity contribution is -0.145. The maximum absolute atomic E-state index is 11.3. The van der Waals surface area contributed by atoms with Crippen LogP contribution in [0.1, 0.15) is 19.4 Å². The molecule has 0 aliphatic carbocycles. The zero-order valence-corrected chi connectivity index (χ0v) is 9.06. The Morgan fingerprint density at radius 1 is 1.67 bits per heavy atom. The van der Waals surface area contributed by atoms with Crippen molar-refractivity contribution in [3.63, 3.8) is 0 Å². The lowest BCUT2D eigenvalue weighted by Crippen LogP contribution is -2.34. The van der Waals surface area contributed by atoms with Crippen LogP contribution in [0.2, 0.25) is 0 Å². The van der Waals surface area contributed by atoms with Crippen molar-refractivity contribution in [1.82, 2.24) is 10.3 Å². The van der Waals surface area contributed by atoms with Gasteiger partial charge in [0.1, 0.15) is 6.04 Å². The molecule has 0 spiro atoms. The molecule has 0 amide bonds. The van der Waals surface area contributed by atoms with E-state index >= 15 is 0 Å². The first-order valence-corrected chi connectivity index (χ1v) is 5.03. The molecule has 0 aromatic carbocycles. The van der Waals surface area contributed by atoms with Gasteiger partial charge in [-0.2, -0.15) is 0 Å². The van der Waals surface area contributed by atoms with Crippen molar-refractivity contribution in [3.8, 4) is 0 Å². The monoisotopic (exact) mass is 208 g/mol. The zero-order chi connectivity index (χ0) is 11.1. The van der Waals surface area contributed by atoms with E-state index in [0.29, 0.717) is 13.2 Å². The predicted molar refractivity (Wildman–Crippen MR) is 57.2 cm³/mol. The molecule has 1 unspecified atom stereocenters. The summed E-state index contributed by atoms with van der Waals surface area (Å²) in [5.74, 6) is -0.221. The second-order valence-electron chi connectivity index (χ2n) is 3.22. The standard InChI is InChI=1S/C11H16N2O2/c1-3-15-11(14)9(2)13-8-10-5-4-6-12-7-10/h4-7,9,13H,3,8H2,1-2H3. The fourth-order valence-electron chi connectivity index (χ4n) is 1.12. The Balaban J connectivity index is 2.34. The summed E-state index contributed by atoms with van der Waals surface area (Å²) in [7, 11) is 0. The summed E-state index contributed by atoms with van der Waals surface area (Å²) in [4.78, 5) is 15.3. The van der Waals surface area contributed by atoms with Gasteiger partial charge in [0, 0.05) is 18.9 Å². The van der Waals surface area contributed by atoms with Crippen molar-refractivity contribution in [2.45, 2.75) is 26.4 Å². The van der Waals surface area contributed by atoms with Gasteiger partial charge in [0.05, 0.1) is 6.61 Å². The van der Waals surface area contributed by atoms with Gasteiger partial charge < -0.3 is 10.1 Å². The number of esters is 1. The molecular weight excluding hydrogens is 192 g/mol. The van der Waals surface area contributed by atoms with Crippen LogP contribution in [-0.2, 0) is 16.1 Å². The SMILES string of the molecule is CCOC(=O)C(C)NCc1cccnc1. The molecule has 15 heavy (non-hydrogen) atoms. The van der Waals surface area contributed by atoms with E-state index in [2.05, 4.69) is 10.3 Å². The van der Waals surface area contributed by atoms with Crippen molar-refractivity contribution in [1.29, 1.82) is 0 Å². The van der Waals surface area contributed by atoms with E-state index in [-0.39, 0.29) is 12.0 Å². The average molecular weight is 208 g/mol. The number of nitrogens with one attached hydrogen (secondary N) is 1. The smallest absolute Gasteiger partial charge is 0.322 e. The first kappa shape index (κ1) is 11.7.